The maximum Gasteiger partial charge on any atom is 0.165 e. The molecule has 52 heavy (non-hydrogen) atoms. The predicted octanol–water partition coefficient (Wildman–Crippen LogP) is 9.92. The van der Waals surface area contributed by atoms with Crippen molar-refractivity contribution in [3.63, 3.8) is 0 Å². The lowest BCUT2D eigenvalue weighted by atomic mass is 9.87. The molecule has 272 valence electrons. The van der Waals surface area contributed by atoms with Gasteiger partial charge in [-0.2, -0.15) is 0 Å². The van der Waals surface area contributed by atoms with Gasteiger partial charge in [0.05, 0.1) is 7.11 Å². The number of rotatable bonds is 20. The quantitative estimate of drug-likeness (QED) is 0.0645. The highest BCUT2D eigenvalue weighted by atomic mass is 16.5. The Kier molecular flexibility index (Phi) is 14.0. The third-order valence-corrected chi connectivity index (χ3v) is 9.85. The molecule has 6 rings (SSSR count). The van der Waals surface area contributed by atoms with Crippen molar-refractivity contribution in [1.82, 2.24) is 10.4 Å². The third-order valence-electron chi connectivity index (χ3n) is 9.85. The van der Waals surface area contributed by atoms with E-state index in [1.807, 2.05) is 36.4 Å². The summed E-state index contributed by atoms with van der Waals surface area (Å²) < 4.78 is 24.9. The summed E-state index contributed by atoms with van der Waals surface area (Å²) in [4.78, 5) is 0. The largest absolute Gasteiger partial charge is 0.493 e. The highest BCUT2D eigenvalue weighted by Crippen LogP contribution is 2.39. The van der Waals surface area contributed by atoms with Gasteiger partial charge in [0.1, 0.15) is 19.8 Å². The van der Waals surface area contributed by atoms with Crippen LogP contribution in [-0.4, -0.2) is 31.3 Å². The van der Waals surface area contributed by atoms with Gasteiger partial charge < -0.3 is 18.9 Å². The van der Waals surface area contributed by atoms with Crippen molar-refractivity contribution in [1.29, 1.82) is 0 Å². The highest BCUT2D eigenvalue weighted by molar-refractivity contribution is 5.52. The number of fused-ring (bicyclic) bond motifs is 1. The summed E-state index contributed by atoms with van der Waals surface area (Å²) in [6.07, 6.45) is 8.79. The lowest BCUT2D eigenvalue weighted by Gasteiger charge is -2.36. The summed E-state index contributed by atoms with van der Waals surface area (Å²) in [5.74, 6) is 3.24. The minimum Gasteiger partial charge on any atom is -0.493 e. The Morgan fingerprint density at radius 3 is 1.88 bits per heavy atom. The fourth-order valence-corrected chi connectivity index (χ4v) is 6.95. The molecule has 0 fully saturated rings. The first-order valence-electron chi connectivity index (χ1n) is 19.0. The van der Waals surface area contributed by atoms with Gasteiger partial charge in [-0.25, -0.2) is 5.01 Å². The first-order chi connectivity index (χ1) is 25.7. The molecule has 0 saturated carbocycles. The lowest BCUT2D eigenvalue weighted by Crippen LogP contribution is -2.49. The van der Waals surface area contributed by atoms with Gasteiger partial charge in [-0.05, 0) is 78.1 Å². The zero-order chi connectivity index (χ0) is 35.8. The SMILES string of the molecule is CCCCCCN(NCCc1ccc(OC)c(OCc2ccccc2)c1)C1CCc2c(ccc(OCc3ccccc3)c2OCc2ccccc2)C1. The van der Waals surface area contributed by atoms with Gasteiger partial charge in [-0.1, -0.05) is 129 Å². The zero-order valence-corrected chi connectivity index (χ0v) is 30.9. The number of unbranched alkanes of at least 4 members (excludes halogenated alkanes) is 3. The van der Waals surface area contributed by atoms with Crippen LogP contribution in [0.2, 0.25) is 0 Å². The van der Waals surface area contributed by atoms with Crippen molar-refractivity contribution in [3.8, 4) is 23.0 Å². The molecule has 5 aromatic rings. The molecule has 6 nitrogen and oxygen atoms in total. The number of nitrogens with one attached hydrogen (secondary N) is 1. The van der Waals surface area contributed by atoms with Gasteiger partial charge in [-0.3, -0.25) is 5.43 Å². The lowest BCUT2D eigenvalue weighted by molar-refractivity contribution is 0.109. The number of nitrogens with zero attached hydrogens (tertiary/aromatic N) is 1. The van der Waals surface area contributed by atoms with Gasteiger partial charge >= 0.3 is 0 Å². The third kappa shape index (κ3) is 10.6. The first-order valence-corrected chi connectivity index (χ1v) is 19.0. The molecule has 1 aliphatic rings. The van der Waals surface area contributed by atoms with E-state index in [1.165, 1.54) is 42.4 Å². The van der Waals surface area contributed by atoms with E-state index in [2.05, 4.69) is 102 Å². The fraction of sp³-hybridized carbons (Fsp3) is 0.348. The molecule has 1 N–H and O–H groups in total. The summed E-state index contributed by atoms with van der Waals surface area (Å²) in [7, 11) is 1.70. The van der Waals surface area contributed by atoms with E-state index in [9.17, 15) is 0 Å². The number of hydrogen-bond donors (Lipinski definition) is 1. The van der Waals surface area contributed by atoms with Crippen LogP contribution in [0, 0.1) is 0 Å². The molecule has 5 aromatic carbocycles. The Hall–Kier alpha value is -4.78. The molecule has 0 bridgehead atoms. The van der Waals surface area contributed by atoms with Crippen LogP contribution < -0.4 is 24.4 Å². The van der Waals surface area contributed by atoms with Crippen molar-refractivity contribution in [3.05, 3.63) is 155 Å². The van der Waals surface area contributed by atoms with E-state index in [4.69, 9.17) is 18.9 Å². The Morgan fingerprint density at radius 2 is 1.25 bits per heavy atom. The van der Waals surface area contributed by atoms with E-state index in [0.29, 0.717) is 25.9 Å². The standard InChI is InChI=1S/C46H54N2O4/c1-3-4-5-15-30-48(47-29-28-36-22-26-43(49-2)45(31-36)51-34-38-18-11-7-12-19-38)41-24-25-42-40(32-41)23-27-44(50-33-37-16-9-6-10-17-37)46(42)52-35-39-20-13-8-14-21-39/h6-14,16-23,26-27,31,41,47H,3-5,15,24-25,28-30,32-35H2,1-2H3. The second-order valence-electron chi connectivity index (χ2n) is 13.6. The van der Waals surface area contributed by atoms with E-state index in [0.717, 1.165) is 78.5 Å². The van der Waals surface area contributed by atoms with Gasteiger partial charge in [-0.15, -0.1) is 0 Å². The van der Waals surface area contributed by atoms with Crippen molar-refractivity contribution in [2.24, 2.45) is 0 Å². The Balaban J connectivity index is 1.14. The Morgan fingerprint density at radius 1 is 0.635 bits per heavy atom. The van der Waals surface area contributed by atoms with Crippen molar-refractivity contribution < 1.29 is 18.9 Å². The van der Waals surface area contributed by atoms with Gasteiger partial charge in [0, 0.05) is 24.7 Å². The molecule has 0 saturated heterocycles. The van der Waals surface area contributed by atoms with Crippen LogP contribution in [0.25, 0.3) is 0 Å². The second-order valence-corrected chi connectivity index (χ2v) is 13.6. The topological polar surface area (TPSA) is 52.2 Å². The summed E-state index contributed by atoms with van der Waals surface area (Å²) in [6, 6.07) is 42.1. The molecule has 1 unspecified atom stereocenters. The van der Waals surface area contributed by atoms with Crippen molar-refractivity contribution in [2.45, 2.75) is 84.2 Å². The van der Waals surface area contributed by atoms with E-state index < -0.39 is 0 Å². The molecule has 1 atom stereocenters. The number of ether oxygens (including phenoxy) is 4. The van der Waals surface area contributed by atoms with Crippen LogP contribution in [0.1, 0.15) is 72.4 Å². The van der Waals surface area contributed by atoms with Gasteiger partial charge in [0.15, 0.2) is 23.0 Å². The summed E-state index contributed by atoms with van der Waals surface area (Å²) >= 11 is 0. The molecule has 0 amide bonds. The monoisotopic (exact) mass is 698 g/mol. The average molecular weight is 699 g/mol. The van der Waals surface area contributed by atoms with Gasteiger partial charge in [0.2, 0.25) is 0 Å². The summed E-state index contributed by atoms with van der Waals surface area (Å²) in [5, 5.41) is 2.53. The van der Waals surface area contributed by atoms with E-state index in [1.54, 1.807) is 7.11 Å². The van der Waals surface area contributed by atoms with Crippen molar-refractivity contribution in [2.75, 3.05) is 20.2 Å². The van der Waals surface area contributed by atoms with Crippen LogP contribution >= 0.6 is 0 Å². The molecular formula is C46H54N2O4. The predicted molar refractivity (Wildman–Crippen MR) is 210 cm³/mol. The number of hydrazine groups is 1. The van der Waals surface area contributed by atoms with Crippen molar-refractivity contribution >= 4 is 0 Å². The maximum absolute atomic E-state index is 6.61. The fourth-order valence-electron chi connectivity index (χ4n) is 6.95. The number of benzene rings is 5. The Bertz CT molecular complexity index is 1780. The Labute approximate surface area is 310 Å². The number of hydrogen-bond acceptors (Lipinski definition) is 6. The van der Waals surface area contributed by atoms with Crippen LogP contribution in [0.3, 0.4) is 0 Å². The average Bonchev–Trinajstić information content (AvgIpc) is 3.20. The molecule has 1 aliphatic carbocycles. The second kappa shape index (κ2) is 19.7. The van der Waals surface area contributed by atoms with Crippen LogP contribution in [0.15, 0.2) is 121 Å². The zero-order valence-electron chi connectivity index (χ0n) is 30.9. The molecule has 0 spiro atoms. The van der Waals surface area contributed by atoms with Crippen LogP contribution in [-0.2, 0) is 39.1 Å². The van der Waals surface area contributed by atoms with Crippen LogP contribution in [0.5, 0.6) is 23.0 Å². The number of methoxy groups -OCH3 is 1. The molecule has 0 heterocycles. The normalized spacial score (nSPS) is 13.8. The van der Waals surface area contributed by atoms with Crippen LogP contribution in [0.4, 0.5) is 0 Å². The molecule has 6 heteroatoms. The molecule has 0 radical (unpaired) electrons. The maximum atomic E-state index is 6.61. The molecular weight excluding hydrogens is 645 g/mol. The highest BCUT2D eigenvalue weighted by Gasteiger charge is 2.28. The smallest absolute Gasteiger partial charge is 0.165 e. The first kappa shape index (κ1) is 37.0. The summed E-state index contributed by atoms with van der Waals surface area (Å²) in [6.45, 7) is 5.68. The summed E-state index contributed by atoms with van der Waals surface area (Å²) in [5.41, 5.74) is 11.1. The van der Waals surface area contributed by atoms with E-state index >= 15 is 0 Å². The minimum atomic E-state index is 0.396. The van der Waals surface area contributed by atoms with Gasteiger partial charge in [0.25, 0.3) is 0 Å². The minimum absolute atomic E-state index is 0.396. The molecule has 0 aliphatic heterocycles. The van der Waals surface area contributed by atoms with E-state index in [-0.39, 0.29) is 0 Å². The molecule has 0 aromatic heterocycles.